The zero-order valence-corrected chi connectivity index (χ0v) is 15.3. The van der Waals surface area contributed by atoms with Gasteiger partial charge in [-0.05, 0) is 31.2 Å². The molecule has 1 amide bonds. The summed E-state index contributed by atoms with van der Waals surface area (Å²) in [5.74, 6) is 1.01. The van der Waals surface area contributed by atoms with E-state index in [2.05, 4.69) is 27.1 Å². The molecule has 3 N–H and O–H groups in total. The Balaban J connectivity index is 1.54. The van der Waals surface area contributed by atoms with Crippen molar-refractivity contribution >= 4 is 17.4 Å². The van der Waals surface area contributed by atoms with E-state index in [1.54, 1.807) is 0 Å². The number of benzene rings is 1. The lowest BCUT2D eigenvalue weighted by atomic mass is 10.1. The third-order valence-corrected chi connectivity index (χ3v) is 4.82. The molecule has 0 aliphatic carbocycles. The summed E-state index contributed by atoms with van der Waals surface area (Å²) >= 11 is 0. The predicted molar refractivity (Wildman–Crippen MR) is 105 cm³/mol. The highest BCUT2D eigenvalue weighted by molar-refractivity contribution is 5.76. The number of anilines is 2. The summed E-state index contributed by atoms with van der Waals surface area (Å²) in [6, 6.07) is 11.6. The Bertz CT molecular complexity index is 740. The van der Waals surface area contributed by atoms with Gasteiger partial charge in [0.25, 0.3) is 0 Å². The second-order valence-electron chi connectivity index (χ2n) is 6.75. The van der Waals surface area contributed by atoms with Crippen LogP contribution in [0.5, 0.6) is 0 Å². The Kier molecular flexibility index (Phi) is 6.07. The molecule has 0 bridgehead atoms. The van der Waals surface area contributed by atoms with E-state index in [-0.39, 0.29) is 5.91 Å². The van der Waals surface area contributed by atoms with Crippen LogP contribution in [-0.4, -0.2) is 49.0 Å². The summed E-state index contributed by atoms with van der Waals surface area (Å²) in [6.45, 7) is 4.48. The quantitative estimate of drug-likeness (QED) is 0.773. The fourth-order valence-electron chi connectivity index (χ4n) is 3.16. The van der Waals surface area contributed by atoms with E-state index >= 15 is 0 Å². The summed E-state index contributed by atoms with van der Waals surface area (Å²) in [4.78, 5) is 21.4. The maximum Gasteiger partial charge on any atom is 0.220 e. The van der Waals surface area contributed by atoms with Gasteiger partial charge in [-0.2, -0.15) is 0 Å². The number of nitrogens with one attached hydrogen (secondary N) is 1. The van der Waals surface area contributed by atoms with E-state index in [1.807, 2.05) is 42.6 Å². The number of carbonyl (C=O) groups excluding carboxylic acids is 1. The summed E-state index contributed by atoms with van der Waals surface area (Å²) in [6.07, 6.45) is 2.90. The van der Waals surface area contributed by atoms with Gasteiger partial charge in [-0.25, -0.2) is 4.98 Å². The van der Waals surface area contributed by atoms with Gasteiger partial charge in [0.05, 0.1) is 0 Å². The molecule has 1 aromatic carbocycles. The highest BCUT2D eigenvalue weighted by atomic mass is 16.1. The first-order chi connectivity index (χ1) is 12.6. The van der Waals surface area contributed by atoms with Gasteiger partial charge in [0.15, 0.2) is 0 Å². The minimum atomic E-state index is 0.0291. The first kappa shape index (κ1) is 18.2. The number of carbonyl (C=O) groups is 1. The monoisotopic (exact) mass is 353 g/mol. The Morgan fingerprint density at radius 3 is 2.62 bits per heavy atom. The van der Waals surface area contributed by atoms with Gasteiger partial charge in [0, 0.05) is 56.6 Å². The molecular weight excluding hydrogens is 326 g/mol. The van der Waals surface area contributed by atoms with Crippen LogP contribution in [0.25, 0.3) is 0 Å². The van der Waals surface area contributed by atoms with Crippen molar-refractivity contribution < 1.29 is 4.79 Å². The number of hydrogen-bond acceptors (Lipinski definition) is 5. The van der Waals surface area contributed by atoms with Crippen LogP contribution in [0.4, 0.5) is 11.5 Å². The number of pyridine rings is 1. The van der Waals surface area contributed by atoms with Crippen LogP contribution in [0, 0.1) is 0 Å². The number of amides is 1. The molecule has 1 saturated heterocycles. The van der Waals surface area contributed by atoms with Crippen molar-refractivity contribution in [3.63, 3.8) is 0 Å². The van der Waals surface area contributed by atoms with Crippen molar-refractivity contribution in [3.8, 4) is 0 Å². The van der Waals surface area contributed by atoms with Crippen LogP contribution < -0.4 is 16.0 Å². The standard InChI is InChI=1S/C20H27N5O/c1-24-11-13-25(14-12-24)20-17(6-4-10-22-20)15-23-19(26)9-8-16-5-2-3-7-18(16)21/h2-7,10H,8-9,11-15,21H2,1H3,(H,23,26). The molecule has 26 heavy (non-hydrogen) atoms. The molecule has 6 nitrogen and oxygen atoms in total. The number of aryl methyl sites for hydroxylation is 1. The van der Waals surface area contributed by atoms with Gasteiger partial charge in [0.1, 0.15) is 5.82 Å². The molecule has 138 valence electrons. The highest BCUT2D eigenvalue weighted by Gasteiger charge is 2.18. The molecule has 0 unspecified atom stereocenters. The number of nitrogen functional groups attached to an aromatic ring is 1. The van der Waals surface area contributed by atoms with Crippen molar-refractivity contribution in [1.82, 2.24) is 15.2 Å². The van der Waals surface area contributed by atoms with Gasteiger partial charge in [-0.1, -0.05) is 24.3 Å². The zero-order chi connectivity index (χ0) is 18.4. The molecule has 1 aliphatic heterocycles. The largest absolute Gasteiger partial charge is 0.399 e. The van der Waals surface area contributed by atoms with Crippen molar-refractivity contribution in [1.29, 1.82) is 0 Å². The van der Waals surface area contributed by atoms with E-state index in [9.17, 15) is 4.79 Å². The molecule has 6 heteroatoms. The lowest BCUT2D eigenvalue weighted by molar-refractivity contribution is -0.121. The lowest BCUT2D eigenvalue weighted by Crippen LogP contribution is -2.45. The van der Waals surface area contributed by atoms with Crippen LogP contribution in [0.15, 0.2) is 42.6 Å². The fourth-order valence-corrected chi connectivity index (χ4v) is 3.16. The maximum atomic E-state index is 12.2. The predicted octanol–water partition coefficient (Wildman–Crippen LogP) is 1.66. The van der Waals surface area contributed by atoms with Crippen LogP contribution in [0.3, 0.4) is 0 Å². The van der Waals surface area contributed by atoms with Crippen LogP contribution >= 0.6 is 0 Å². The third kappa shape index (κ3) is 4.73. The number of aromatic nitrogens is 1. The van der Waals surface area contributed by atoms with E-state index in [4.69, 9.17) is 5.73 Å². The topological polar surface area (TPSA) is 74.5 Å². The molecule has 1 aliphatic rings. The number of nitrogens with two attached hydrogens (primary N) is 1. The normalized spacial score (nSPS) is 15.0. The smallest absolute Gasteiger partial charge is 0.220 e. The summed E-state index contributed by atoms with van der Waals surface area (Å²) in [7, 11) is 2.14. The first-order valence-electron chi connectivity index (χ1n) is 9.11. The van der Waals surface area contributed by atoms with Gasteiger partial charge in [-0.15, -0.1) is 0 Å². The Morgan fingerprint density at radius 2 is 1.85 bits per heavy atom. The highest BCUT2D eigenvalue weighted by Crippen LogP contribution is 2.19. The molecule has 0 spiro atoms. The molecule has 1 fully saturated rings. The van der Waals surface area contributed by atoms with E-state index in [0.29, 0.717) is 19.4 Å². The van der Waals surface area contributed by atoms with Gasteiger partial charge in [0.2, 0.25) is 5.91 Å². The molecule has 0 radical (unpaired) electrons. The zero-order valence-electron chi connectivity index (χ0n) is 15.3. The summed E-state index contributed by atoms with van der Waals surface area (Å²) in [5.41, 5.74) is 8.75. The molecular formula is C20H27N5O. The molecule has 0 saturated carbocycles. The maximum absolute atomic E-state index is 12.2. The fraction of sp³-hybridized carbons (Fsp3) is 0.400. The number of para-hydroxylation sites is 1. The Hall–Kier alpha value is -2.60. The lowest BCUT2D eigenvalue weighted by Gasteiger charge is -2.34. The third-order valence-electron chi connectivity index (χ3n) is 4.82. The van der Waals surface area contributed by atoms with Crippen LogP contribution in [-0.2, 0) is 17.8 Å². The average Bonchev–Trinajstić information content (AvgIpc) is 2.67. The number of rotatable bonds is 6. The number of piperazine rings is 1. The number of hydrogen-bond donors (Lipinski definition) is 2. The number of likely N-dealkylation sites (N-methyl/N-ethyl adjacent to an activating group) is 1. The SMILES string of the molecule is CN1CCN(c2ncccc2CNC(=O)CCc2ccccc2N)CC1. The number of nitrogens with zero attached hydrogens (tertiary/aromatic N) is 3. The van der Waals surface area contributed by atoms with Crippen LogP contribution in [0.2, 0.25) is 0 Å². The first-order valence-corrected chi connectivity index (χ1v) is 9.11. The molecule has 2 heterocycles. The second kappa shape index (κ2) is 8.67. The van der Waals surface area contributed by atoms with E-state index < -0.39 is 0 Å². The second-order valence-corrected chi connectivity index (χ2v) is 6.75. The van der Waals surface area contributed by atoms with Crippen molar-refractivity contribution in [2.24, 2.45) is 0 Å². The van der Waals surface area contributed by atoms with Gasteiger partial charge < -0.3 is 20.9 Å². The molecule has 3 rings (SSSR count). The minimum Gasteiger partial charge on any atom is -0.399 e. The van der Waals surface area contributed by atoms with Gasteiger partial charge >= 0.3 is 0 Å². The van der Waals surface area contributed by atoms with Gasteiger partial charge in [-0.3, -0.25) is 4.79 Å². The minimum absolute atomic E-state index is 0.0291. The van der Waals surface area contributed by atoms with Crippen molar-refractivity contribution in [2.45, 2.75) is 19.4 Å². The molecule has 1 aromatic heterocycles. The Morgan fingerprint density at radius 1 is 1.12 bits per heavy atom. The average molecular weight is 353 g/mol. The molecule has 0 atom stereocenters. The molecule has 2 aromatic rings. The summed E-state index contributed by atoms with van der Waals surface area (Å²) < 4.78 is 0. The van der Waals surface area contributed by atoms with E-state index in [0.717, 1.165) is 48.8 Å². The van der Waals surface area contributed by atoms with Crippen LogP contribution in [0.1, 0.15) is 17.5 Å². The Labute approximate surface area is 155 Å². The van der Waals surface area contributed by atoms with Crippen molar-refractivity contribution in [2.75, 3.05) is 43.9 Å². The van der Waals surface area contributed by atoms with Crippen molar-refractivity contribution in [3.05, 3.63) is 53.7 Å². The van der Waals surface area contributed by atoms with E-state index in [1.165, 1.54) is 0 Å². The summed E-state index contributed by atoms with van der Waals surface area (Å²) in [5, 5.41) is 3.02.